The van der Waals surface area contributed by atoms with E-state index in [1.165, 1.54) is 59.2 Å². The van der Waals surface area contributed by atoms with Crippen molar-refractivity contribution in [1.82, 2.24) is 0 Å². The van der Waals surface area contributed by atoms with Gasteiger partial charge in [-0.15, -0.1) is 9.35 Å². The molecule has 1 N–H and O–H groups in total. The molecule has 8 nitrogen and oxygen atoms in total. The normalized spacial score (nSPS) is 11.8. The molecule has 0 aromatic heterocycles. The minimum absolute atomic E-state index is 0.260. The molecule has 9 heteroatoms. The number of phosphoric acid groups is 1. The number of aliphatic carboxylic acids is 1. The molecular weight excluding hydrogens is 375 g/mol. The number of carboxylic acids is 1. The van der Waals surface area contributed by atoms with E-state index in [1.54, 1.807) is 0 Å². The number of carboxylic acid groups (broad SMARTS) is 1. The Kier molecular flexibility index (Phi) is 18.5. The second-order valence-electron chi connectivity index (χ2n) is 6.50. The third kappa shape index (κ3) is 18.6. The van der Waals surface area contributed by atoms with Crippen LogP contribution in [-0.2, 0) is 33.0 Å². The van der Waals surface area contributed by atoms with Gasteiger partial charge >= 0.3 is 13.8 Å². The Hall–Kier alpha value is -0.500. The van der Waals surface area contributed by atoms with Crippen LogP contribution in [0.4, 0.5) is 0 Å². The molecule has 162 valence electrons. The summed E-state index contributed by atoms with van der Waals surface area (Å²) in [7, 11) is -1.34. The lowest BCUT2D eigenvalue weighted by molar-refractivity contribution is -0.259. The molecule has 0 aliphatic carbocycles. The summed E-state index contributed by atoms with van der Waals surface area (Å²) in [6.07, 6.45) is 14.8. The van der Waals surface area contributed by atoms with E-state index < -0.39 is 13.8 Å². The lowest BCUT2D eigenvalue weighted by Gasteiger charge is -2.13. The van der Waals surface area contributed by atoms with Gasteiger partial charge in [0.15, 0.2) is 0 Å². The SMILES string of the molecule is COOP(=O)(OCCCCCCCCCCCCCCCC(=O)O)OOC. The van der Waals surface area contributed by atoms with E-state index in [0.717, 1.165) is 38.5 Å². The number of carbonyl (C=O) groups is 1. The van der Waals surface area contributed by atoms with Gasteiger partial charge in [-0.25, -0.2) is 14.3 Å². The first-order valence-corrected chi connectivity index (χ1v) is 11.4. The summed E-state index contributed by atoms with van der Waals surface area (Å²) in [6, 6.07) is 0. The summed E-state index contributed by atoms with van der Waals surface area (Å²) >= 11 is 0. The Morgan fingerprint density at radius 1 is 0.704 bits per heavy atom. The molecule has 0 saturated carbocycles. The third-order valence-corrected chi connectivity index (χ3v) is 5.28. The lowest BCUT2D eigenvalue weighted by atomic mass is 10.0. The van der Waals surface area contributed by atoms with Gasteiger partial charge in [0.25, 0.3) is 0 Å². The molecule has 0 spiro atoms. The summed E-state index contributed by atoms with van der Waals surface area (Å²) in [5.74, 6) is -0.692. The van der Waals surface area contributed by atoms with Crippen molar-refractivity contribution in [2.75, 3.05) is 20.8 Å². The molecule has 0 amide bonds. The largest absolute Gasteiger partial charge is 0.529 e. The molecule has 0 radical (unpaired) electrons. The number of unbranched alkanes of at least 4 members (excludes halogenated alkanes) is 12. The predicted octanol–water partition coefficient (Wildman–Crippen LogP) is 5.81. The fourth-order valence-corrected chi connectivity index (χ4v) is 3.57. The summed E-state index contributed by atoms with van der Waals surface area (Å²) in [5.41, 5.74) is 0. The van der Waals surface area contributed by atoms with Crippen molar-refractivity contribution in [1.29, 1.82) is 0 Å². The molecule has 0 aliphatic rings. The van der Waals surface area contributed by atoms with Gasteiger partial charge in [0.1, 0.15) is 0 Å². The van der Waals surface area contributed by atoms with Crippen LogP contribution in [0.5, 0.6) is 0 Å². The quantitative estimate of drug-likeness (QED) is 0.109. The molecule has 0 aromatic rings. The number of rotatable bonds is 21. The highest BCUT2D eigenvalue weighted by atomic mass is 31.2. The van der Waals surface area contributed by atoms with Crippen molar-refractivity contribution in [3.8, 4) is 0 Å². The molecule has 0 atom stereocenters. The van der Waals surface area contributed by atoms with Crippen LogP contribution in [-0.4, -0.2) is 31.9 Å². The Bertz CT molecular complexity index is 382. The average molecular weight is 412 g/mol. The predicted molar refractivity (Wildman–Crippen MR) is 102 cm³/mol. The maximum Gasteiger partial charge on any atom is 0.529 e. The van der Waals surface area contributed by atoms with Gasteiger partial charge in [-0.1, -0.05) is 70.6 Å². The van der Waals surface area contributed by atoms with E-state index in [1.807, 2.05) is 0 Å². The molecular formula is C18H37O8P. The molecule has 0 fully saturated rings. The van der Waals surface area contributed by atoms with Crippen molar-refractivity contribution in [2.24, 2.45) is 0 Å². The molecule has 0 saturated heterocycles. The van der Waals surface area contributed by atoms with Crippen molar-refractivity contribution in [3.05, 3.63) is 0 Å². The van der Waals surface area contributed by atoms with Crippen molar-refractivity contribution < 1.29 is 38.1 Å². The molecule has 27 heavy (non-hydrogen) atoms. The van der Waals surface area contributed by atoms with Crippen LogP contribution in [0.2, 0.25) is 0 Å². The second kappa shape index (κ2) is 18.8. The van der Waals surface area contributed by atoms with Crippen LogP contribution in [0.25, 0.3) is 0 Å². The monoisotopic (exact) mass is 412 g/mol. The Morgan fingerprint density at radius 3 is 1.44 bits per heavy atom. The molecule has 0 aliphatic heterocycles. The first kappa shape index (κ1) is 26.5. The van der Waals surface area contributed by atoms with Gasteiger partial charge in [0, 0.05) is 6.42 Å². The summed E-state index contributed by atoms with van der Waals surface area (Å²) < 4.78 is 25.8. The average Bonchev–Trinajstić information content (AvgIpc) is 2.61. The summed E-state index contributed by atoms with van der Waals surface area (Å²) in [4.78, 5) is 19.0. The Balaban J connectivity index is 3.29. The fourth-order valence-electron chi connectivity index (χ4n) is 2.74. The maximum absolute atomic E-state index is 11.8. The minimum atomic E-state index is -3.78. The highest BCUT2D eigenvalue weighted by Gasteiger charge is 2.29. The van der Waals surface area contributed by atoms with Gasteiger partial charge in [-0.05, 0) is 12.8 Å². The van der Waals surface area contributed by atoms with E-state index in [0.29, 0.717) is 6.42 Å². The fraction of sp³-hybridized carbons (Fsp3) is 0.944. The van der Waals surface area contributed by atoms with Gasteiger partial charge in [-0.2, -0.15) is 0 Å². The first-order chi connectivity index (χ1) is 13.0. The highest BCUT2D eigenvalue weighted by Crippen LogP contribution is 2.49. The van der Waals surface area contributed by atoms with E-state index in [2.05, 4.69) is 19.1 Å². The van der Waals surface area contributed by atoms with Crippen LogP contribution in [0, 0.1) is 0 Å². The van der Waals surface area contributed by atoms with Gasteiger partial charge in [-0.3, -0.25) is 9.32 Å². The lowest BCUT2D eigenvalue weighted by Crippen LogP contribution is -2.00. The van der Waals surface area contributed by atoms with E-state index in [4.69, 9.17) is 9.63 Å². The molecule has 0 rings (SSSR count). The zero-order valence-corrected chi connectivity index (χ0v) is 17.8. The topological polar surface area (TPSA) is 101 Å². The summed E-state index contributed by atoms with van der Waals surface area (Å²) in [5, 5.41) is 8.55. The number of hydrogen-bond donors (Lipinski definition) is 1. The van der Waals surface area contributed by atoms with Crippen molar-refractivity contribution in [3.63, 3.8) is 0 Å². The molecule has 0 unspecified atom stereocenters. The van der Waals surface area contributed by atoms with E-state index in [-0.39, 0.29) is 6.61 Å². The number of hydrogen-bond acceptors (Lipinski definition) is 7. The standard InChI is InChI=1S/C18H37O8P/c1-22-25-27(21,26-23-2)24-17-15-13-11-9-7-5-3-4-6-8-10-12-14-16-18(19)20/h3-17H2,1-2H3,(H,19,20). The van der Waals surface area contributed by atoms with Crippen molar-refractivity contribution >= 4 is 13.8 Å². The van der Waals surface area contributed by atoms with Gasteiger partial charge in [0.05, 0.1) is 20.8 Å². The highest BCUT2D eigenvalue weighted by molar-refractivity contribution is 7.48. The molecule has 0 bridgehead atoms. The zero-order chi connectivity index (χ0) is 20.2. The molecule has 0 aromatic carbocycles. The van der Waals surface area contributed by atoms with Gasteiger partial charge < -0.3 is 5.11 Å². The van der Waals surface area contributed by atoms with Crippen LogP contribution in [0.3, 0.4) is 0 Å². The van der Waals surface area contributed by atoms with Crippen molar-refractivity contribution in [2.45, 2.75) is 89.9 Å². The van der Waals surface area contributed by atoms with Gasteiger partial charge in [0.2, 0.25) is 0 Å². The van der Waals surface area contributed by atoms with E-state index in [9.17, 15) is 9.36 Å². The first-order valence-electron chi connectivity index (χ1n) is 9.95. The smallest absolute Gasteiger partial charge is 0.481 e. The zero-order valence-electron chi connectivity index (χ0n) is 16.9. The van der Waals surface area contributed by atoms with Crippen LogP contribution >= 0.6 is 7.82 Å². The van der Waals surface area contributed by atoms with Crippen LogP contribution < -0.4 is 0 Å². The Labute approximate surface area is 163 Å². The van der Waals surface area contributed by atoms with Crippen LogP contribution in [0.15, 0.2) is 0 Å². The van der Waals surface area contributed by atoms with E-state index >= 15 is 0 Å². The molecule has 0 heterocycles. The van der Waals surface area contributed by atoms with Crippen LogP contribution in [0.1, 0.15) is 89.9 Å². The second-order valence-corrected chi connectivity index (χ2v) is 7.95. The minimum Gasteiger partial charge on any atom is -0.481 e. The summed E-state index contributed by atoms with van der Waals surface area (Å²) in [6.45, 7) is 0.260. The maximum atomic E-state index is 11.8. The third-order valence-electron chi connectivity index (χ3n) is 4.12. The Morgan fingerprint density at radius 2 is 1.07 bits per heavy atom.